The largest absolute Gasteiger partial charge is 0.453 e. The quantitative estimate of drug-likeness (QED) is 0.290. The normalized spacial score (nSPS) is 10.9. The number of carbonyl (C=O) groups excluding carboxylic acids is 1. The summed E-state index contributed by atoms with van der Waals surface area (Å²) >= 11 is 4.82. The van der Waals surface area contributed by atoms with Crippen LogP contribution < -0.4 is 4.90 Å². The lowest BCUT2D eigenvalue weighted by atomic mass is 10.2. The number of nitrogens with zero attached hydrogens (tertiary/aromatic N) is 1. The van der Waals surface area contributed by atoms with E-state index in [2.05, 4.69) is 47.1 Å². The minimum atomic E-state index is -0.228. The summed E-state index contributed by atoms with van der Waals surface area (Å²) in [6.45, 7) is 4.38. The molecule has 6 heteroatoms. The number of rotatable bonds is 6. The summed E-state index contributed by atoms with van der Waals surface area (Å²) < 4.78 is 12.0. The van der Waals surface area contributed by atoms with E-state index in [9.17, 15) is 4.79 Å². The fourth-order valence-electron chi connectivity index (χ4n) is 2.94. The molecule has 0 radical (unpaired) electrons. The molecule has 4 aromatic rings. The first kappa shape index (κ1) is 20.6. The lowest BCUT2D eigenvalue weighted by molar-refractivity contribution is 0.0955. The van der Waals surface area contributed by atoms with Gasteiger partial charge in [-0.3, -0.25) is 9.69 Å². The average Bonchev–Trinajstić information content (AvgIpc) is 3.37. The highest BCUT2D eigenvalue weighted by atomic mass is 79.9. The monoisotopic (exact) mass is 481 g/mol. The standard InChI is InChI=1S/C24H20BrNO3S/c1-16-3-7-18(8-4-16)26(24(27)21-12-13-22(25)29-21)15-19-9-14-23(28-19)30-20-10-5-17(2)6-11-20/h3-14H,15H2,1-2H3. The van der Waals surface area contributed by atoms with E-state index in [-0.39, 0.29) is 11.7 Å². The maximum atomic E-state index is 13.1. The van der Waals surface area contributed by atoms with Gasteiger partial charge in [-0.05, 0) is 78.3 Å². The molecule has 0 aliphatic heterocycles. The van der Waals surface area contributed by atoms with Crippen LogP contribution in [0.5, 0.6) is 0 Å². The van der Waals surface area contributed by atoms with Crippen molar-refractivity contribution in [2.24, 2.45) is 0 Å². The van der Waals surface area contributed by atoms with E-state index in [1.807, 2.05) is 43.3 Å². The van der Waals surface area contributed by atoms with Crippen LogP contribution >= 0.6 is 27.7 Å². The van der Waals surface area contributed by atoms with Crippen molar-refractivity contribution < 1.29 is 13.6 Å². The van der Waals surface area contributed by atoms with Crippen molar-refractivity contribution in [3.8, 4) is 0 Å². The third-order valence-electron chi connectivity index (χ3n) is 4.57. The number of amides is 1. The Morgan fingerprint density at radius 1 is 0.867 bits per heavy atom. The molecule has 0 unspecified atom stereocenters. The first-order valence-electron chi connectivity index (χ1n) is 9.45. The number of hydrogen-bond acceptors (Lipinski definition) is 4. The molecule has 152 valence electrons. The molecule has 0 saturated heterocycles. The van der Waals surface area contributed by atoms with Crippen LogP contribution in [0.4, 0.5) is 5.69 Å². The van der Waals surface area contributed by atoms with Crippen LogP contribution in [0.3, 0.4) is 0 Å². The highest BCUT2D eigenvalue weighted by Gasteiger charge is 2.22. The summed E-state index contributed by atoms with van der Waals surface area (Å²) in [5.41, 5.74) is 3.13. The SMILES string of the molecule is Cc1ccc(Sc2ccc(CN(C(=O)c3ccc(Br)o3)c3ccc(C)cc3)o2)cc1. The van der Waals surface area contributed by atoms with Gasteiger partial charge in [0.25, 0.3) is 5.91 Å². The summed E-state index contributed by atoms with van der Waals surface area (Å²) in [6.07, 6.45) is 0. The number of hydrogen-bond donors (Lipinski definition) is 0. The van der Waals surface area contributed by atoms with Crippen LogP contribution in [-0.4, -0.2) is 5.91 Å². The van der Waals surface area contributed by atoms with Crippen LogP contribution in [0, 0.1) is 13.8 Å². The molecule has 30 heavy (non-hydrogen) atoms. The van der Waals surface area contributed by atoms with E-state index in [1.165, 1.54) is 5.56 Å². The summed E-state index contributed by atoms with van der Waals surface area (Å²) in [6, 6.07) is 23.3. The summed E-state index contributed by atoms with van der Waals surface area (Å²) in [5, 5.41) is 0.783. The molecular formula is C24H20BrNO3S. The number of anilines is 1. The van der Waals surface area contributed by atoms with Crippen molar-refractivity contribution in [2.45, 2.75) is 30.4 Å². The van der Waals surface area contributed by atoms with Gasteiger partial charge in [0, 0.05) is 10.6 Å². The van der Waals surface area contributed by atoms with Crippen molar-refractivity contribution in [3.63, 3.8) is 0 Å². The van der Waals surface area contributed by atoms with Gasteiger partial charge in [-0.1, -0.05) is 47.2 Å². The van der Waals surface area contributed by atoms with Crippen LogP contribution in [0.2, 0.25) is 0 Å². The van der Waals surface area contributed by atoms with E-state index < -0.39 is 0 Å². The number of carbonyl (C=O) groups is 1. The zero-order chi connectivity index (χ0) is 21.1. The molecule has 4 nitrogen and oxygen atoms in total. The fraction of sp³-hybridized carbons (Fsp3) is 0.125. The lowest BCUT2D eigenvalue weighted by Gasteiger charge is -2.21. The minimum absolute atomic E-state index is 0.228. The van der Waals surface area contributed by atoms with Crippen LogP contribution in [0.25, 0.3) is 0 Å². The third-order valence-corrected chi connectivity index (χ3v) is 5.92. The molecule has 2 heterocycles. The van der Waals surface area contributed by atoms with Gasteiger partial charge in [0.1, 0.15) is 5.76 Å². The molecule has 1 amide bonds. The van der Waals surface area contributed by atoms with Crippen LogP contribution in [-0.2, 0) is 6.54 Å². The van der Waals surface area contributed by atoms with E-state index in [0.717, 1.165) is 21.2 Å². The zero-order valence-electron chi connectivity index (χ0n) is 16.6. The smallest absolute Gasteiger partial charge is 0.294 e. The first-order chi connectivity index (χ1) is 14.5. The number of benzene rings is 2. The van der Waals surface area contributed by atoms with Crippen LogP contribution in [0.15, 0.2) is 96.3 Å². The second kappa shape index (κ2) is 8.98. The maximum Gasteiger partial charge on any atom is 0.294 e. The van der Waals surface area contributed by atoms with Gasteiger partial charge in [-0.25, -0.2) is 0 Å². The topological polar surface area (TPSA) is 46.6 Å². The van der Waals surface area contributed by atoms with Gasteiger partial charge in [0.05, 0.1) is 6.54 Å². The number of furan rings is 2. The second-order valence-corrected chi connectivity index (χ2v) is 8.83. The Bertz CT molecular complexity index is 1150. The van der Waals surface area contributed by atoms with E-state index in [4.69, 9.17) is 8.83 Å². The predicted molar refractivity (Wildman–Crippen MR) is 122 cm³/mol. The zero-order valence-corrected chi connectivity index (χ0v) is 19.0. The molecule has 0 aliphatic rings. The molecule has 0 saturated carbocycles. The highest BCUT2D eigenvalue weighted by Crippen LogP contribution is 2.31. The Morgan fingerprint density at radius 2 is 1.53 bits per heavy atom. The molecule has 0 fully saturated rings. The third kappa shape index (κ3) is 4.89. The van der Waals surface area contributed by atoms with Gasteiger partial charge in [0.15, 0.2) is 15.5 Å². The Balaban J connectivity index is 1.57. The Kier molecular flexibility index (Phi) is 6.16. The fourth-order valence-corrected chi connectivity index (χ4v) is 4.04. The van der Waals surface area contributed by atoms with Crippen molar-refractivity contribution >= 4 is 39.3 Å². The van der Waals surface area contributed by atoms with Gasteiger partial charge in [-0.15, -0.1) is 0 Å². The highest BCUT2D eigenvalue weighted by molar-refractivity contribution is 9.10. The predicted octanol–water partition coefficient (Wildman–Crippen LogP) is 7.25. The van der Waals surface area contributed by atoms with E-state index >= 15 is 0 Å². The molecule has 0 N–H and O–H groups in total. The molecule has 2 aromatic heterocycles. The Hall–Kier alpha value is -2.70. The molecule has 0 atom stereocenters. The Labute approximate surface area is 188 Å². The van der Waals surface area contributed by atoms with Gasteiger partial charge < -0.3 is 8.83 Å². The molecule has 4 rings (SSSR count). The van der Waals surface area contributed by atoms with Crippen LogP contribution in [0.1, 0.15) is 27.4 Å². The molecule has 0 bridgehead atoms. The van der Waals surface area contributed by atoms with Crippen molar-refractivity contribution in [1.82, 2.24) is 0 Å². The van der Waals surface area contributed by atoms with E-state index in [0.29, 0.717) is 17.0 Å². The molecule has 2 aromatic carbocycles. The summed E-state index contributed by atoms with van der Waals surface area (Å²) in [4.78, 5) is 15.9. The lowest BCUT2D eigenvalue weighted by Crippen LogP contribution is -2.30. The molecule has 0 spiro atoms. The van der Waals surface area contributed by atoms with Crippen molar-refractivity contribution in [3.05, 3.63) is 100 Å². The minimum Gasteiger partial charge on any atom is -0.453 e. The van der Waals surface area contributed by atoms with Gasteiger partial charge in [0.2, 0.25) is 0 Å². The second-order valence-electron chi connectivity index (χ2n) is 6.97. The van der Waals surface area contributed by atoms with Crippen molar-refractivity contribution in [2.75, 3.05) is 4.90 Å². The van der Waals surface area contributed by atoms with Crippen molar-refractivity contribution in [1.29, 1.82) is 0 Å². The number of aryl methyl sites for hydroxylation is 2. The summed E-state index contributed by atoms with van der Waals surface area (Å²) in [5.74, 6) is 0.737. The van der Waals surface area contributed by atoms with Gasteiger partial charge >= 0.3 is 0 Å². The van der Waals surface area contributed by atoms with Gasteiger partial charge in [-0.2, -0.15) is 0 Å². The first-order valence-corrected chi connectivity index (χ1v) is 11.1. The van der Waals surface area contributed by atoms with E-state index in [1.54, 1.807) is 28.8 Å². The summed E-state index contributed by atoms with van der Waals surface area (Å²) in [7, 11) is 0. The number of halogens is 1. The molecule has 0 aliphatic carbocycles. The molecular weight excluding hydrogens is 462 g/mol. The average molecular weight is 482 g/mol. The Morgan fingerprint density at radius 3 is 2.17 bits per heavy atom. The maximum absolute atomic E-state index is 13.1.